The molecule has 0 radical (unpaired) electrons. The first-order valence-corrected chi connectivity index (χ1v) is 7.48. The van der Waals surface area contributed by atoms with Gasteiger partial charge in [-0.3, -0.25) is 9.69 Å². The summed E-state index contributed by atoms with van der Waals surface area (Å²) in [6.45, 7) is 1.46. The molecule has 3 rings (SSSR count). The van der Waals surface area contributed by atoms with E-state index in [9.17, 15) is 4.79 Å². The Balaban J connectivity index is 1.85. The number of ether oxygens (including phenoxy) is 1. The largest absolute Gasteiger partial charge is 0.468 e. The fourth-order valence-corrected chi connectivity index (χ4v) is 3.31. The molecule has 1 aliphatic heterocycles. The molecule has 112 valence electrons. The SMILES string of the molecule is COC(=O)C1CCCN1Cc1cn2cc(Cl)cc(Cl)c2n1. The highest BCUT2D eigenvalue weighted by Crippen LogP contribution is 2.24. The van der Waals surface area contributed by atoms with Crippen molar-refractivity contribution in [1.82, 2.24) is 14.3 Å². The fraction of sp³-hybridized carbons (Fsp3) is 0.429. The number of aromatic nitrogens is 2. The van der Waals surface area contributed by atoms with E-state index >= 15 is 0 Å². The van der Waals surface area contributed by atoms with Crippen LogP contribution in [-0.4, -0.2) is 40.0 Å². The summed E-state index contributed by atoms with van der Waals surface area (Å²) in [4.78, 5) is 18.4. The summed E-state index contributed by atoms with van der Waals surface area (Å²) < 4.78 is 6.66. The minimum absolute atomic E-state index is 0.182. The third-order valence-electron chi connectivity index (χ3n) is 3.72. The Morgan fingerprint density at radius 2 is 2.29 bits per heavy atom. The maximum Gasteiger partial charge on any atom is 0.323 e. The van der Waals surface area contributed by atoms with Crippen molar-refractivity contribution in [1.29, 1.82) is 0 Å². The van der Waals surface area contributed by atoms with Crippen LogP contribution in [0.5, 0.6) is 0 Å². The van der Waals surface area contributed by atoms with Crippen LogP contribution < -0.4 is 0 Å². The van der Waals surface area contributed by atoms with Gasteiger partial charge in [0.25, 0.3) is 0 Å². The minimum atomic E-state index is -0.183. The molecule has 0 spiro atoms. The lowest BCUT2D eigenvalue weighted by Gasteiger charge is -2.20. The predicted molar refractivity (Wildman–Crippen MR) is 80.7 cm³/mol. The molecule has 1 saturated heterocycles. The topological polar surface area (TPSA) is 46.8 Å². The van der Waals surface area contributed by atoms with Gasteiger partial charge >= 0.3 is 5.97 Å². The van der Waals surface area contributed by atoms with Crippen LogP contribution in [0.25, 0.3) is 5.65 Å². The number of likely N-dealkylation sites (tertiary alicyclic amines) is 1. The van der Waals surface area contributed by atoms with Gasteiger partial charge in [0.15, 0.2) is 5.65 Å². The van der Waals surface area contributed by atoms with E-state index in [0.29, 0.717) is 22.2 Å². The predicted octanol–water partition coefficient (Wildman–Crippen LogP) is 2.78. The van der Waals surface area contributed by atoms with E-state index in [-0.39, 0.29) is 12.0 Å². The molecule has 0 N–H and O–H groups in total. The van der Waals surface area contributed by atoms with E-state index in [1.54, 1.807) is 12.3 Å². The molecule has 0 saturated carbocycles. The maximum atomic E-state index is 11.8. The van der Waals surface area contributed by atoms with E-state index in [2.05, 4.69) is 9.88 Å². The van der Waals surface area contributed by atoms with Crippen molar-refractivity contribution in [2.24, 2.45) is 0 Å². The first-order valence-electron chi connectivity index (χ1n) is 6.73. The van der Waals surface area contributed by atoms with Crippen LogP contribution in [0, 0.1) is 0 Å². The minimum Gasteiger partial charge on any atom is -0.468 e. The van der Waals surface area contributed by atoms with Crippen LogP contribution in [0.3, 0.4) is 0 Å². The standard InChI is InChI=1S/C14H15Cl2N3O2/c1-21-14(20)12-3-2-4-18(12)7-10-8-19-6-9(15)5-11(16)13(19)17-10/h5-6,8,12H,2-4,7H2,1H3. The number of fused-ring (bicyclic) bond motifs is 1. The quantitative estimate of drug-likeness (QED) is 0.813. The monoisotopic (exact) mass is 327 g/mol. The number of carbonyl (C=O) groups excluding carboxylic acids is 1. The molecule has 1 unspecified atom stereocenters. The number of methoxy groups -OCH3 is 1. The van der Waals surface area contributed by atoms with Crippen molar-refractivity contribution in [2.75, 3.05) is 13.7 Å². The average Bonchev–Trinajstić information content (AvgIpc) is 3.05. The molecule has 2 aromatic heterocycles. The summed E-state index contributed by atoms with van der Waals surface area (Å²) in [5.41, 5.74) is 1.53. The van der Waals surface area contributed by atoms with Crippen molar-refractivity contribution in [3.05, 3.63) is 34.2 Å². The zero-order chi connectivity index (χ0) is 15.0. The zero-order valence-corrected chi connectivity index (χ0v) is 13.1. The smallest absolute Gasteiger partial charge is 0.323 e. The highest BCUT2D eigenvalue weighted by molar-refractivity contribution is 6.36. The number of hydrogen-bond donors (Lipinski definition) is 0. The second kappa shape index (κ2) is 5.83. The van der Waals surface area contributed by atoms with Crippen molar-refractivity contribution in [3.8, 4) is 0 Å². The summed E-state index contributed by atoms with van der Waals surface area (Å²) in [6.07, 6.45) is 5.47. The molecule has 1 atom stereocenters. The fourth-order valence-electron chi connectivity index (χ4n) is 2.78. The molecule has 21 heavy (non-hydrogen) atoms. The van der Waals surface area contributed by atoms with E-state index < -0.39 is 0 Å². The Bertz CT molecular complexity index is 686. The number of halogens is 2. The molecule has 0 aromatic carbocycles. The van der Waals surface area contributed by atoms with Crippen molar-refractivity contribution < 1.29 is 9.53 Å². The Hall–Kier alpha value is -1.30. The van der Waals surface area contributed by atoms with E-state index in [1.807, 2.05) is 10.6 Å². The lowest BCUT2D eigenvalue weighted by atomic mass is 10.2. The Kier molecular flexibility index (Phi) is 4.06. The highest BCUT2D eigenvalue weighted by Gasteiger charge is 2.31. The molecule has 3 heterocycles. The van der Waals surface area contributed by atoms with Gasteiger partial charge in [0.1, 0.15) is 6.04 Å². The van der Waals surface area contributed by atoms with Crippen LogP contribution in [0.1, 0.15) is 18.5 Å². The summed E-state index contributed by atoms with van der Waals surface area (Å²) in [5, 5.41) is 1.07. The highest BCUT2D eigenvalue weighted by atomic mass is 35.5. The number of hydrogen-bond acceptors (Lipinski definition) is 4. The first kappa shape index (κ1) is 14.6. The van der Waals surface area contributed by atoms with Crippen LogP contribution in [0.15, 0.2) is 18.5 Å². The number of rotatable bonds is 3. The second-order valence-electron chi connectivity index (χ2n) is 5.12. The molecular weight excluding hydrogens is 313 g/mol. The van der Waals surface area contributed by atoms with Gasteiger partial charge in [-0.05, 0) is 25.5 Å². The number of carbonyl (C=O) groups is 1. The molecule has 2 aromatic rings. The summed E-state index contributed by atoms with van der Waals surface area (Å²) in [6, 6.07) is 1.49. The molecule has 0 bridgehead atoms. The van der Waals surface area contributed by atoms with Gasteiger partial charge in [-0.25, -0.2) is 4.98 Å². The van der Waals surface area contributed by atoms with Gasteiger partial charge in [-0.2, -0.15) is 0 Å². The van der Waals surface area contributed by atoms with Gasteiger partial charge in [-0.15, -0.1) is 0 Å². The zero-order valence-electron chi connectivity index (χ0n) is 11.6. The van der Waals surface area contributed by atoms with Gasteiger partial charge in [-0.1, -0.05) is 23.2 Å². The summed E-state index contributed by atoms with van der Waals surface area (Å²) in [7, 11) is 1.42. The number of nitrogens with zero attached hydrogens (tertiary/aromatic N) is 3. The second-order valence-corrected chi connectivity index (χ2v) is 5.96. The normalized spacial score (nSPS) is 19.3. The van der Waals surface area contributed by atoms with E-state index in [4.69, 9.17) is 27.9 Å². The van der Waals surface area contributed by atoms with Crippen LogP contribution in [0.2, 0.25) is 10.0 Å². The Labute approximate surface area is 132 Å². The third-order valence-corrected chi connectivity index (χ3v) is 4.21. The first-order chi connectivity index (χ1) is 10.1. The number of imidazole rings is 1. The Morgan fingerprint density at radius 3 is 3.05 bits per heavy atom. The molecule has 5 nitrogen and oxygen atoms in total. The lowest BCUT2D eigenvalue weighted by Crippen LogP contribution is -2.36. The molecule has 1 aliphatic rings. The summed E-state index contributed by atoms with van der Waals surface area (Å²) in [5.74, 6) is -0.183. The van der Waals surface area contributed by atoms with Crippen molar-refractivity contribution in [2.45, 2.75) is 25.4 Å². The van der Waals surface area contributed by atoms with Crippen molar-refractivity contribution >= 4 is 34.8 Å². The number of esters is 1. The van der Waals surface area contributed by atoms with E-state index in [1.165, 1.54) is 7.11 Å². The molecule has 7 heteroatoms. The average molecular weight is 328 g/mol. The Morgan fingerprint density at radius 1 is 1.48 bits per heavy atom. The van der Waals surface area contributed by atoms with Gasteiger partial charge in [0, 0.05) is 18.9 Å². The van der Waals surface area contributed by atoms with E-state index in [0.717, 1.165) is 25.1 Å². The van der Waals surface area contributed by atoms with Gasteiger partial charge in [0.05, 0.1) is 22.8 Å². The van der Waals surface area contributed by atoms with Crippen molar-refractivity contribution in [3.63, 3.8) is 0 Å². The van der Waals surface area contributed by atoms with Crippen LogP contribution in [0.4, 0.5) is 0 Å². The molecular formula is C14H15Cl2N3O2. The lowest BCUT2D eigenvalue weighted by molar-refractivity contribution is -0.146. The number of pyridine rings is 1. The molecule has 0 amide bonds. The van der Waals surface area contributed by atoms with Crippen LogP contribution in [-0.2, 0) is 16.1 Å². The molecule has 1 fully saturated rings. The third kappa shape index (κ3) is 2.86. The maximum absolute atomic E-state index is 11.8. The van der Waals surface area contributed by atoms with Crippen LogP contribution >= 0.6 is 23.2 Å². The van der Waals surface area contributed by atoms with Gasteiger partial charge in [0.2, 0.25) is 0 Å². The summed E-state index contributed by atoms with van der Waals surface area (Å²) >= 11 is 12.1. The molecule has 0 aliphatic carbocycles. The van der Waals surface area contributed by atoms with Gasteiger partial charge < -0.3 is 9.14 Å².